The van der Waals surface area contributed by atoms with Gasteiger partial charge in [0.25, 0.3) is 15.9 Å². The van der Waals surface area contributed by atoms with Crippen molar-refractivity contribution in [2.75, 3.05) is 24.7 Å². The van der Waals surface area contributed by atoms with Gasteiger partial charge in [-0.3, -0.25) is 9.52 Å². The second-order valence-corrected chi connectivity index (χ2v) is 8.94. The molecule has 0 fully saturated rings. The van der Waals surface area contributed by atoms with Gasteiger partial charge in [0.2, 0.25) is 6.79 Å². The van der Waals surface area contributed by atoms with E-state index in [2.05, 4.69) is 10.0 Å². The summed E-state index contributed by atoms with van der Waals surface area (Å²) < 4.78 is 56.9. The highest BCUT2D eigenvalue weighted by atomic mass is 35.5. The first-order valence-electron chi connectivity index (χ1n) is 9.70. The van der Waals surface area contributed by atoms with Crippen molar-refractivity contribution in [1.29, 1.82) is 0 Å². The van der Waals surface area contributed by atoms with E-state index in [-0.39, 0.29) is 41.1 Å². The molecule has 0 unspecified atom stereocenters. The number of nitrogens with one attached hydrogen (secondary N) is 2. The highest BCUT2D eigenvalue weighted by Gasteiger charge is 2.21. The maximum atomic E-state index is 13.1. The summed E-state index contributed by atoms with van der Waals surface area (Å²) >= 11 is 6.06. The zero-order chi connectivity index (χ0) is 23.4. The monoisotopic (exact) mass is 492 g/mol. The van der Waals surface area contributed by atoms with Gasteiger partial charge >= 0.3 is 0 Å². The smallest absolute Gasteiger partial charge is 0.263 e. The molecule has 0 aromatic heterocycles. The van der Waals surface area contributed by atoms with Crippen LogP contribution in [0.3, 0.4) is 0 Å². The maximum absolute atomic E-state index is 13.1. The number of rotatable bonds is 8. The van der Waals surface area contributed by atoms with E-state index < -0.39 is 21.7 Å². The summed E-state index contributed by atoms with van der Waals surface area (Å²) in [7, 11) is -4.11. The van der Waals surface area contributed by atoms with Crippen LogP contribution < -0.4 is 24.2 Å². The topological polar surface area (TPSA) is 103 Å². The first kappa shape index (κ1) is 22.7. The van der Waals surface area contributed by atoms with Crippen LogP contribution in [0, 0.1) is 5.82 Å². The van der Waals surface area contributed by atoms with E-state index in [0.29, 0.717) is 17.2 Å². The Hall–Kier alpha value is -3.50. The summed E-state index contributed by atoms with van der Waals surface area (Å²) in [6, 6.07) is 13.8. The number of sulfonamides is 1. The molecule has 33 heavy (non-hydrogen) atoms. The van der Waals surface area contributed by atoms with E-state index >= 15 is 0 Å². The molecule has 2 N–H and O–H groups in total. The minimum absolute atomic E-state index is 0.0627. The van der Waals surface area contributed by atoms with E-state index in [0.717, 1.165) is 12.1 Å². The van der Waals surface area contributed by atoms with E-state index in [1.54, 1.807) is 18.2 Å². The number of carbonyl (C=O) groups excluding carboxylic acids is 1. The number of amides is 1. The van der Waals surface area contributed by atoms with Crippen molar-refractivity contribution in [3.63, 3.8) is 0 Å². The molecule has 1 aliphatic heterocycles. The molecule has 0 atom stereocenters. The van der Waals surface area contributed by atoms with E-state index in [1.807, 2.05) is 0 Å². The number of carbonyl (C=O) groups is 1. The lowest BCUT2D eigenvalue weighted by Crippen LogP contribution is -2.28. The zero-order valence-electron chi connectivity index (χ0n) is 17.0. The van der Waals surface area contributed by atoms with E-state index in [4.69, 9.17) is 25.8 Å². The van der Waals surface area contributed by atoms with E-state index in [1.165, 1.54) is 30.3 Å². The largest absolute Gasteiger partial charge is 0.492 e. The second-order valence-electron chi connectivity index (χ2n) is 6.88. The van der Waals surface area contributed by atoms with Crippen LogP contribution in [0.5, 0.6) is 17.2 Å². The van der Waals surface area contributed by atoms with Crippen LogP contribution in [0.2, 0.25) is 5.02 Å². The van der Waals surface area contributed by atoms with E-state index in [9.17, 15) is 17.6 Å². The van der Waals surface area contributed by atoms with Crippen LogP contribution in [0.25, 0.3) is 0 Å². The Morgan fingerprint density at radius 1 is 1.03 bits per heavy atom. The van der Waals surface area contributed by atoms with Crippen LogP contribution in [0.4, 0.5) is 10.1 Å². The zero-order valence-corrected chi connectivity index (χ0v) is 18.6. The quantitative estimate of drug-likeness (QED) is 0.463. The lowest BCUT2D eigenvalue weighted by molar-refractivity contribution is 0.0946. The third-order valence-corrected chi connectivity index (χ3v) is 6.44. The maximum Gasteiger partial charge on any atom is 0.263 e. The molecule has 8 nitrogen and oxygen atoms in total. The van der Waals surface area contributed by atoms with Crippen LogP contribution in [-0.2, 0) is 10.0 Å². The summed E-state index contributed by atoms with van der Waals surface area (Å²) in [6.07, 6.45) is 0. The van der Waals surface area contributed by atoms with Gasteiger partial charge in [-0.25, -0.2) is 12.8 Å². The van der Waals surface area contributed by atoms with Gasteiger partial charge in [0.1, 0.15) is 23.1 Å². The van der Waals surface area contributed by atoms with Gasteiger partial charge in [-0.15, -0.1) is 0 Å². The van der Waals surface area contributed by atoms with Gasteiger partial charge in [0.05, 0.1) is 11.6 Å². The number of anilines is 1. The van der Waals surface area contributed by atoms with Gasteiger partial charge in [-0.1, -0.05) is 11.6 Å². The van der Waals surface area contributed by atoms with Crippen molar-refractivity contribution in [1.82, 2.24) is 5.32 Å². The van der Waals surface area contributed by atoms with Gasteiger partial charge in [-0.2, -0.15) is 0 Å². The Labute approximate surface area is 194 Å². The Kier molecular flexibility index (Phi) is 6.57. The number of ether oxygens (including phenoxy) is 3. The average Bonchev–Trinajstić information content (AvgIpc) is 3.26. The van der Waals surface area contributed by atoms with Crippen molar-refractivity contribution in [2.45, 2.75) is 4.90 Å². The molecule has 0 aliphatic carbocycles. The fourth-order valence-corrected chi connectivity index (χ4v) is 4.57. The van der Waals surface area contributed by atoms with Crippen molar-refractivity contribution in [3.8, 4) is 17.2 Å². The number of halogens is 2. The fourth-order valence-electron chi connectivity index (χ4n) is 2.98. The summed E-state index contributed by atoms with van der Waals surface area (Å²) in [6.45, 7) is 0.509. The first-order valence-corrected chi connectivity index (χ1v) is 11.6. The molecule has 1 amide bonds. The number of hydrogen-bond acceptors (Lipinski definition) is 6. The lowest BCUT2D eigenvalue weighted by atomic mass is 10.2. The molecule has 1 aliphatic rings. The Morgan fingerprint density at radius 2 is 1.79 bits per heavy atom. The molecule has 172 valence electrons. The van der Waals surface area contributed by atoms with Gasteiger partial charge in [-0.05, 0) is 54.6 Å². The second kappa shape index (κ2) is 9.55. The van der Waals surface area contributed by atoms with Crippen LogP contribution in [0.15, 0.2) is 65.6 Å². The highest BCUT2D eigenvalue weighted by Crippen LogP contribution is 2.35. The minimum atomic E-state index is -4.11. The van der Waals surface area contributed by atoms with Crippen molar-refractivity contribution < 1.29 is 31.8 Å². The molecule has 1 heterocycles. The molecular formula is C22H18ClFN2O6S. The molecule has 0 radical (unpaired) electrons. The van der Waals surface area contributed by atoms with Crippen LogP contribution >= 0.6 is 11.6 Å². The molecule has 0 saturated carbocycles. The number of hydrogen-bond donors (Lipinski definition) is 2. The number of fused-ring (bicyclic) bond motifs is 1. The third-order valence-electron chi connectivity index (χ3n) is 4.58. The summed E-state index contributed by atoms with van der Waals surface area (Å²) in [5, 5.41) is 2.59. The predicted octanol–water partition coefficient (Wildman–Crippen LogP) is 3.82. The molecule has 11 heteroatoms. The lowest BCUT2D eigenvalue weighted by Gasteiger charge is -2.12. The van der Waals surface area contributed by atoms with Crippen LogP contribution in [0.1, 0.15) is 10.4 Å². The molecule has 0 saturated heterocycles. The van der Waals surface area contributed by atoms with Gasteiger partial charge < -0.3 is 19.5 Å². The molecule has 3 aromatic carbocycles. The molecular weight excluding hydrogens is 475 g/mol. The Morgan fingerprint density at radius 3 is 2.58 bits per heavy atom. The summed E-state index contributed by atoms with van der Waals surface area (Å²) in [5.41, 5.74) is 0.255. The third kappa shape index (κ3) is 5.47. The molecule has 0 bridgehead atoms. The highest BCUT2D eigenvalue weighted by molar-refractivity contribution is 7.92. The fraction of sp³-hybridized carbons (Fsp3) is 0.136. The Bertz CT molecular complexity index is 1280. The van der Waals surface area contributed by atoms with Crippen LogP contribution in [-0.4, -0.2) is 34.3 Å². The average molecular weight is 493 g/mol. The van der Waals surface area contributed by atoms with Gasteiger partial charge in [0, 0.05) is 17.3 Å². The molecule has 3 aromatic rings. The summed E-state index contributed by atoms with van der Waals surface area (Å²) in [5.74, 6) is 0.773. The van der Waals surface area contributed by atoms with Crippen molar-refractivity contribution in [3.05, 3.63) is 77.1 Å². The number of benzene rings is 3. The summed E-state index contributed by atoms with van der Waals surface area (Å²) in [4.78, 5) is 12.2. The van der Waals surface area contributed by atoms with Crippen molar-refractivity contribution in [2.24, 2.45) is 0 Å². The Balaban J connectivity index is 1.37. The van der Waals surface area contributed by atoms with Gasteiger partial charge in [0.15, 0.2) is 11.5 Å². The van der Waals surface area contributed by atoms with Crippen molar-refractivity contribution >= 4 is 33.2 Å². The normalized spacial score (nSPS) is 12.3. The standard InChI is InChI=1S/C22H18ClFN2O6S/c23-18-7-1-14(11-21(18)33(28,29)26-16-4-2-15(24)3-5-16)22(27)25-9-10-30-17-6-8-19-20(12-17)32-13-31-19/h1-8,11-12,26H,9-10,13H2,(H,25,27). The SMILES string of the molecule is O=C(NCCOc1ccc2c(c1)OCO2)c1ccc(Cl)c(S(=O)(=O)Nc2ccc(F)cc2)c1. The predicted molar refractivity (Wildman–Crippen MR) is 119 cm³/mol. The molecule has 4 rings (SSSR count). The molecule has 0 spiro atoms. The first-order chi connectivity index (χ1) is 15.8. The minimum Gasteiger partial charge on any atom is -0.492 e.